The van der Waals surface area contributed by atoms with E-state index in [9.17, 15) is 18.0 Å². The Morgan fingerprint density at radius 1 is 1.13 bits per heavy atom. The Hall–Kier alpha value is -2.26. The number of hydrogen-bond donors (Lipinski definition) is 1. The number of carbonyl (C=O) groups is 2. The van der Waals surface area contributed by atoms with E-state index in [4.69, 9.17) is 11.6 Å². The van der Waals surface area contributed by atoms with Crippen LogP contribution >= 0.6 is 11.6 Å². The highest BCUT2D eigenvalue weighted by atomic mass is 35.5. The maximum Gasteiger partial charge on any atom is 0.281 e. The summed E-state index contributed by atoms with van der Waals surface area (Å²) in [6.45, 7) is 0.477. The first kappa shape index (κ1) is 22.4. The quantitative estimate of drug-likeness (QED) is 0.687. The van der Waals surface area contributed by atoms with Crippen LogP contribution in [-0.4, -0.2) is 55.9 Å². The Morgan fingerprint density at radius 2 is 1.83 bits per heavy atom. The summed E-state index contributed by atoms with van der Waals surface area (Å²) in [5.74, 6) is -1.09. The van der Waals surface area contributed by atoms with Gasteiger partial charge in [-0.1, -0.05) is 41.9 Å². The van der Waals surface area contributed by atoms with E-state index in [1.807, 2.05) is 6.07 Å². The molecule has 1 aliphatic rings. The van der Waals surface area contributed by atoms with Crippen molar-refractivity contribution in [3.05, 3.63) is 64.7 Å². The summed E-state index contributed by atoms with van der Waals surface area (Å²) in [7, 11) is -0.654. The molecule has 1 amide bonds. The first-order valence-corrected chi connectivity index (χ1v) is 11.4. The van der Waals surface area contributed by atoms with Gasteiger partial charge in [-0.15, -0.1) is 0 Å². The maximum absolute atomic E-state index is 12.9. The predicted molar refractivity (Wildman–Crippen MR) is 117 cm³/mol. The van der Waals surface area contributed by atoms with E-state index in [1.54, 1.807) is 36.4 Å². The Morgan fingerprint density at radius 3 is 2.50 bits per heavy atom. The van der Waals surface area contributed by atoms with Crippen molar-refractivity contribution in [3.8, 4) is 0 Å². The number of halogens is 1. The zero-order valence-corrected chi connectivity index (χ0v) is 18.4. The first-order valence-electron chi connectivity index (χ1n) is 9.58. The number of hydrogen-bond acceptors (Lipinski definition) is 4. The number of rotatable bonds is 6. The lowest BCUT2D eigenvalue weighted by molar-refractivity contribution is -0.120. The number of amides is 1. The van der Waals surface area contributed by atoms with Crippen LogP contribution in [0.3, 0.4) is 0 Å². The number of carbonyl (C=O) groups excluding carboxylic acids is 2. The summed E-state index contributed by atoms with van der Waals surface area (Å²) < 4.78 is 27.3. The largest absolute Gasteiger partial charge is 0.325 e. The van der Waals surface area contributed by atoms with Gasteiger partial charge < -0.3 is 5.32 Å². The van der Waals surface area contributed by atoms with Crippen molar-refractivity contribution in [1.82, 2.24) is 8.61 Å². The van der Waals surface area contributed by atoms with Gasteiger partial charge >= 0.3 is 0 Å². The first-order chi connectivity index (χ1) is 14.2. The van der Waals surface area contributed by atoms with Crippen LogP contribution in [0.15, 0.2) is 48.5 Å². The summed E-state index contributed by atoms with van der Waals surface area (Å²) in [6.07, 6.45) is 1.16. The lowest BCUT2D eigenvalue weighted by Crippen LogP contribution is -2.47. The van der Waals surface area contributed by atoms with Crippen molar-refractivity contribution < 1.29 is 18.0 Å². The van der Waals surface area contributed by atoms with Gasteiger partial charge in [0.2, 0.25) is 5.91 Å². The van der Waals surface area contributed by atoms with Crippen molar-refractivity contribution in [1.29, 1.82) is 0 Å². The van der Waals surface area contributed by atoms with Gasteiger partial charge in [-0.3, -0.25) is 9.59 Å². The van der Waals surface area contributed by atoms with Crippen LogP contribution in [0.4, 0.5) is 5.69 Å². The highest BCUT2D eigenvalue weighted by Gasteiger charge is 2.33. The summed E-state index contributed by atoms with van der Waals surface area (Å²) in [6, 6.07) is 13.4. The molecule has 2 aromatic carbocycles. The van der Waals surface area contributed by atoms with E-state index in [0.29, 0.717) is 35.7 Å². The van der Waals surface area contributed by atoms with Crippen molar-refractivity contribution >= 4 is 39.2 Å². The minimum atomic E-state index is -3.59. The fraction of sp³-hybridized carbons (Fsp3) is 0.333. The smallest absolute Gasteiger partial charge is 0.281 e. The third-order valence-electron chi connectivity index (χ3n) is 5.06. The second kappa shape index (κ2) is 9.26. The van der Waals surface area contributed by atoms with E-state index < -0.39 is 16.1 Å². The van der Waals surface area contributed by atoms with E-state index >= 15 is 0 Å². The molecule has 7 nitrogen and oxygen atoms in total. The van der Waals surface area contributed by atoms with Crippen LogP contribution in [0.1, 0.15) is 28.8 Å². The van der Waals surface area contributed by atoms with Crippen molar-refractivity contribution in [2.45, 2.75) is 12.8 Å². The average molecular weight is 450 g/mol. The summed E-state index contributed by atoms with van der Waals surface area (Å²) in [5.41, 5.74) is 1.12. The number of piperidine rings is 1. The molecule has 0 aromatic heterocycles. The van der Waals surface area contributed by atoms with Crippen LogP contribution in [0.2, 0.25) is 5.02 Å². The molecular weight excluding hydrogens is 426 g/mol. The molecule has 3 rings (SSSR count). The molecule has 1 N–H and O–H groups in total. The van der Waals surface area contributed by atoms with Crippen molar-refractivity contribution in [2.75, 3.05) is 32.5 Å². The third kappa shape index (κ3) is 4.89. The molecule has 0 radical (unpaired) electrons. The summed E-state index contributed by atoms with van der Waals surface area (Å²) in [4.78, 5) is 25.8. The zero-order valence-electron chi connectivity index (χ0n) is 16.8. The molecule has 1 fully saturated rings. The number of anilines is 1. The predicted octanol–water partition coefficient (Wildman–Crippen LogP) is 3.03. The lowest BCUT2D eigenvalue weighted by Gasteiger charge is -2.32. The van der Waals surface area contributed by atoms with Gasteiger partial charge in [0.05, 0.1) is 11.6 Å². The van der Waals surface area contributed by atoms with E-state index in [0.717, 1.165) is 4.31 Å². The van der Waals surface area contributed by atoms with Crippen molar-refractivity contribution in [3.63, 3.8) is 0 Å². The molecular formula is C21H24ClN3O4S. The Labute approximate surface area is 181 Å². The monoisotopic (exact) mass is 449 g/mol. The number of nitrogens with one attached hydrogen (secondary N) is 1. The molecule has 1 saturated heterocycles. The van der Waals surface area contributed by atoms with Crippen LogP contribution < -0.4 is 5.32 Å². The van der Waals surface area contributed by atoms with E-state index in [1.165, 1.54) is 24.5 Å². The Kier molecular flexibility index (Phi) is 6.92. The molecule has 0 bridgehead atoms. The van der Waals surface area contributed by atoms with Crippen LogP contribution in [0.25, 0.3) is 0 Å². The van der Waals surface area contributed by atoms with Gasteiger partial charge in [0.15, 0.2) is 5.78 Å². The van der Waals surface area contributed by atoms with Gasteiger partial charge in [-0.25, -0.2) is 0 Å². The summed E-state index contributed by atoms with van der Waals surface area (Å²) in [5, 5.41) is 3.19. The lowest BCUT2D eigenvalue weighted by atomic mass is 9.97. The van der Waals surface area contributed by atoms with Gasteiger partial charge in [-0.2, -0.15) is 17.0 Å². The molecule has 0 aliphatic carbocycles. The number of ketones is 1. The van der Waals surface area contributed by atoms with Crippen LogP contribution in [0, 0.1) is 5.92 Å². The molecule has 1 heterocycles. The average Bonchev–Trinajstić information content (AvgIpc) is 2.75. The maximum atomic E-state index is 12.9. The van der Waals surface area contributed by atoms with E-state index in [2.05, 4.69) is 5.32 Å². The normalized spacial score (nSPS) is 17.7. The second-order valence-corrected chi connectivity index (χ2v) is 9.94. The molecule has 30 heavy (non-hydrogen) atoms. The highest BCUT2D eigenvalue weighted by Crippen LogP contribution is 2.26. The number of benzene rings is 2. The molecule has 160 valence electrons. The van der Waals surface area contributed by atoms with Crippen LogP contribution in [-0.2, 0) is 15.0 Å². The van der Waals surface area contributed by atoms with Gasteiger partial charge in [0, 0.05) is 43.3 Å². The van der Waals surface area contributed by atoms with Gasteiger partial charge in [0.1, 0.15) is 0 Å². The molecule has 2 aromatic rings. The summed E-state index contributed by atoms with van der Waals surface area (Å²) >= 11 is 6.09. The zero-order chi connectivity index (χ0) is 21.9. The van der Waals surface area contributed by atoms with Crippen molar-refractivity contribution in [2.24, 2.45) is 5.92 Å². The molecule has 1 atom stereocenters. The minimum Gasteiger partial charge on any atom is -0.325 e. The second-order valence-electron chi connectivity index (χ2n) is 7.36. The fourth-order valence-electron chi connectivity index (χ4n) is 3.39. The van der Waals surface area contributed by atoms with E-state index in [-0.39, 0.29) is 23.8 Å². The molecule has 0 spiro atoms. The molecule has 9 heteroatoms. The molecule has 0 saturated carbocycles. The standard InChI is InChI=1S/C21H24ClN3O4S/c1-24(2)30(28,29)25-12-6-9-16(14-25)21(27)23-19-11-10-17(22)13-18(19)20(26)15-7-4-3-5-8-15/h3-5,7-8,10-11,13,16H,6,9,12,14H2,1-2H3,(H,23,27)/t16-/m0/s1. The Bertz CT molecular complexity index is 1040. The Balaban J connectivity index is 1.81. The molecule has 1 aliphatic heterocycles. The number of nitrogens with zero attached hydrogens (tertiary/aromatic N) is 2. The SMILES string of the molecule is CN(C)S(=O)(=O)N1CCC[C@H](C(=O)Nc2ccc(Cl)cc2C(=O)c2ccccc2)C1. The third-order valence-corrected chi connectivity index (χ3v) is 7.20. The van der Waals surface area contributed by atoms with Gasteiger partial charge in [0.25, 0.3) is 10.2 Å². The fourth-order valence-corrected chi connectivity index (χ4v) is 4.75. The molecule has 0 unspecified atom stereocenters. The van der Waals surface area contributed by atoms with Crippen LogP contribution in [0.5, 0.6) is 0 Å². The topological polar surface area (TPSA) is 86.8 Å². The minimum absolute atomic E-state index is 0.0991. The highest BCUT2D eigenvalue weighted by molar-refractivity contribution is 7.86. The van der Waals surface area contributed by atoms with Gasteiger partial charge in [-0.05, 0) is 31.0 Å².